The third kappa shape index (κ3) is 5.44. The van der Waals surface area contributed by atoms with Crippen molar-refractivity contribution in [2.24, 2.45) is 0 Å². The van der Waals surface area contributed by atoms with Crippen LogP contribution in [0, 0.1) is 12.7 Å². The average molecular weight is 510 g/mol. The molecule has 1 aliphatic rings. The number of carbonyl (C=O) groups is 1. The van der Waals surface area contributed by atoms with Gasteiger partial charge < -0.3 is 10.2 Å². The number of hydrogen-bond donors (Lipinski definition) is 1. The van der Waals surface area contributed by atoms with Crippen molar-refractivity contribution in [1.82, 2.24) is 4.31 Å². The zero-order chi connectivity index (χ0) is 26.0. The Morgan fingerprint density at radius 2 is 1.75 bits per heavy atom. The highest BCUT2D eigenvalue weighted by Crippen LogP contribution is 2.26. The SMILES string of the molecule is Cc1cccc(N2CCN(S(=O)(=O)c3ccc(F)c(C(=O)Nc4ccc(C(C)C)cc4)c3)CC2C)c1. The molecular weight excluding hydrogens is 477 g/mol. The van der Waals surface area contributed by atoms with Crippen LogP contribution in [0.15, 0.2) is 71.6 Å². The lowest BCUT2D eigenvalue weighted by Gasteiger charge is -2.40. The van der Waals surface area contributed by atoms with Crippen molar-refractivity contribution in [1.29, 1.82) is 0 Å². The van der Waals surface area contributed by atoms with Gasteiger partial charge in [-0.1, -0.05) is 38.1 Å². The first kappa shape index (κ1) is 25.9. The van der Waals surface area contributed by atoms with Gasteiger partial charge in [-0.2, -0.15) is 4.31 Å². The third-order valence-electron chi connectivity index (χ3n) is 6.58. The average Bonchev–Trinajstić information content (AvgIpc) is 2.84. The van der Waals surface area contributed by atoms with Crippen LogP contribution in [0.4, 0.5) is 15.8 Å². The Kier molecular flexibility index (Phi) is 7.47. The van der Waals surface area contributed by atoms with Crippen molar-refractivity contribution in [3.63, 3.8) is 0 Å². The summed E-state index contributed by atoms with van der Waals surface area (Å²) in [6.07, 6.45) is 0. The Morgan fingerprint density at radius 3 is 2.39 bits per heavy atom. The third-order valence-corrected chi connectivity index (χ3v) is 8.44. The minimum atomic E-state index is -3.91. The van der Waals surface area contributed by atoms with E-state index in [1.54, 1.807) is 12.1 Å². The first-order chi connectivity index (χ1) is 17.1. The molecule has 1 N–H and O–H groups in total. The molecule has 190 valence electrons. The van der Waals surface area contributed by atoms with Crippen LogP contribution in [0.25, 0.3) is 0 Å². The molecule has 1 fully saturated rings. The van der Waals surface area contributed by atoms with E-state index in [4.69, 9.17) is 0 Å². The van der Waals surface area contributed by atoms with Crippen LogP contribution in [0.2, 0.25) is 0 Å². The highest BCUT2D eigenvalue weighted by molar-refractivity contribution is 7.89. The molecule has 8 heteroatoms. The molecule has 1 aliphatic heterocycles. The maximum atomic E-state index is 14.6. The van der Waals surface area contributed by atoms with Crippen LogP contribution in [-0.4, -0.2) is 44.3 Å². The van der Waals surface area contributed by atoms with Crippen LogP contribution < -0.4 is 10.2 Å². The number of anilines is 2. The standard InChI is InChI=1S/C28H32FN3O3S/c1-19(2)22-8-10-23(11-9-22)30-28(33)26-17-25(12-13-27(26)29)36(34,35)31-14-15-32(21(4)18-31)24-7-5-6-20(3)16-24/h5-13,16-17,19,21H,14-15,18H2,1-4H3,(H,30,33). The van der Waals surface area contributed by atoms with Crippen LogP contribution in [0.3, 0.4) is 0 Å². The fourth-order valence-corrected chi connectivity index (χ4v) is 6.01. The number of aryl methyl sites for hydroxylation is 1. The molecule has 1 heterocycles. The van der Waals surface area contributed by atoms with E-state index in [0.29, 0.717) is 24.7 Å². The number of nitrogens with one attached hydrogen (secondary N) is 1. The Labute approximate surface area is 212 Å². The van der Waals surface area contributed by atoms with Crippen molar-refractivity contribution in [3.8, 4) is 0 Å². The number of carbonyl (C=O) groups excluding carboxylic acids is 1. The molecule has 0 spiro atoms. The lowest BCUT2D eigenvalue weighted by Crippen LogP contribution is -2.53. The van der Waals surface area contributed by atoms with E-state index in [2.05, 4.69) is 30.1 Å². The molecule has 1 amide bonds. The quantitative estimate of drug-likeness (QED) is 0.483. The number of halogens is 1. The Morgan fingerprint density at radius 1 is 1.03 bits per heavy atom. The summed E-state index contributed by atoms with van der Waals surface area (Å²) >= 11 is 0. The molecule has 0 bridgehead atoms. The lowest BCUT2D eigenvalue weighted by molar-refractivity contribution is 0.102. The summed E-state index contributed by atoms with van der Waals surface area (Å²) in [5.74, 6) is -1.13. The monoisotopic (exact) mass is 509 g/mol. The molecule has 3 aromatic rings. The second kappa shape index (κ2) is 10.4. The number of rotatable bonds is 6. The predicted octanol–water partition coefficient (Wildman–Crippen LogP) is 5.41. The lowest BCUT2D eigenvalue weighted by atomic mass is 10.0. The maximum Gasteiger partial charge on any atom is 0.258 e. The summed E-state index contributed by atoms with van der Waals surface area (Å²) in [4.78, 5) is 14.9. The van der Waals surface area contributed by atoms with Crippen LogP contribution in [0.5, 0.6) is 0 Å². The zero-order valence-electron chi connectivity index (χ0n) is 21.0. The number of hydrogen-bond acceptors (Lipinski definition) is 4. The maximum absolute atomic E-state index is 14.6. The number of sulfonamides is 1. The summed E-state index contributed by atoms with van der Waals surface area (Å²) in [7, 11) is -3.91. The van der Waals surface area contributed by atoms with E-state index in [1.807, 2.05) is 44.2 Å². The second-order valence-electron chi connectivity index (χ2n) is 9.62. The molecule has 0 saturated carbocycles. The molecule has 4 rings (SSSR count). The van der Waals surface area contributed by atoms with Crippen molar-refractivity contribution in [2.45, 2.75) is 44.6 Å². The van der Waals surface area contributed by atoms with Crippen molar-refractivity contribution in [3.05, 3.63) is 89.2 Å². The van der Waals surface area contributed by atoms with Crippen LogP contribution in [0.1, 0.15) is 48.2 Å². The van der Waals surface area contributed by atoms with E-state index in [0.717, 1.165) is 28.9 Å². The van der Waals surface area contributed by atoms with Gasteiger partial charge in [-0.15, -0.1) is 0 Å². The van der Waals surface area contributed by atoms with E-state index in [9.17, 15) is 17.6 Å². The van der Waals surface area contributed by atoms with Crippen molar-refractivity contribution in [2.75, 3.05) is 29.9 Å². The number of piperazine rings is 1. The van der Waals surface area contributed by atoms with Crippen LogP contribution >= 0.6 is 0 Å². The van der Waals surface area contributed by atoms with Crippen molar-refractivity contribution < 1.29 is 17.6 Å². The minimum Gasteiger partial charge on any atom is -0.366 e. The highest BCUT2D eigenvalue weighted by atomic mass is 32.2. The summed E-state index contributed by atoms with van der Waals surface area (Å²) in [5.41, 5.74) is 3.52. The number of benzene rings is 3. The van der Waals surface area contributed by atoms with Crippen molar-refractivity contribution >= 4 is 27.3 Å². The Balaban J connectivity index is 1.51. The zero-order valence-corrected chi connectivity index (χ0v) is 21.8. The molecule has 1 atom stereocenters. The first-order valence-electron chi connectivity index (χ1n) is 12.1. The second-order valence-corrected chi connectivity index (χ2v) is 11.6. The fourth-order valence-electron chi connectivity index (χ4n) is 4.47. The van der Waals surface area contributed by atoms with E-state index in [-0.39, 0.29) is 23.0 Å². The smallest absolute Gasteiger partial charge is 0.258 e. The van der Waals surface area contributed by atoms with Crippen LogP contribution in [-0.2, 0) is 10.0 Å². The van der Waals surface area contributed by atoms with E-state index in [1.165, 1.54) is 10.4 Å². The van der Waals surface area contributed by atoms with Gasteiger partial charge in [0.15, 0.2) is 0 Å². The molecule has 0 aromatic heterocycles. The van der Waals surface area contributed by atoms with Gasteiger partial charge in [0.2, 0.25) is 10.0 Å². The fraction of sp³-hybridized carbons (Fsp3) is 0.321. The molecular formula is C28H32FN3O3S. The molecule has 0 aliphatic carbocycles. The summed E-state index contributed by atoms with van der Waals surface area (Å²) in [6, 6.07) is 18.8. The molecule has 6 nitrogen and oxygen atoms in total. The first-order valence-corrected chi connectivity index (χ1v) is 13.5. The molecule has 3 aromatic carbocycles. The van der Waals surface area contributed by atoms with E-state index >= 15 is 0 Å². The van der Waals surface area contributed by atoms with Gasteiger partial charge >= 0.3 is 0 Å². The normalized spacial score (nSPS) is 16.8. The van der Waals surface area contributed by atoms with Gasteiger partial charge in [-0.05, 0) is 73.4 Å². The topological polar surface area (TPSA) is 69.7 Å². The molecule has 1 unspecified atom stereocenters. The van der Waals surface area contributed by atoms with E-state index < -0.39 is 21.7 Å². The number of amides is 1. The van der Waals surface area contributed by atoms with Gasteiger partial charge in [0.05, 0.1) is 10.5 Å². The Bertz CT molecular complexity index is 1360. The predicted molar refractivity (Wildman–Crippen MR) is 142 cm³/mol. The van der Waals surface area contributed by atoms with Gasteiger partial charge in [0.25, 0.3) is 5.91 Å². The van der Waals surface area contributed by atoms with Gasteiger partial charge in [-0.25, -0.2) is 12.8 Å². The molecule has 36 heavy (non-hydrogen) atoms. The van der Waals surface area contributed by atoms with Gasteiger partial charge in [-0.3, -0.25) is 4.79 Å². The molecule has 1 saturated heterocycles. The van der Waals surface area contributed by atoms with Gasteiger partial charge in [0.1, 0.15) is 5.82 Å². The van der Waals surface area contributed by atoms with Gasteiger partial charge in [0, 0.05) is 37.1 Å². The minimum absolute atomic E-state index is 0.0487. The largest absolute Gasteiger partial charge is 0.366 e. The Hall–Kier alpha value is -3.23. The summed E-state index contributed by atoms with van der Waals surface area (Å²) < 4.78 is 42.8. The number of nitrogens with zero attached hydrogens (tertiary/aromatic N) is 2. The molecule has 0 radical (unpaired) electrons. The summed E-state index contributed by atoms with van der Waals surface area (Å²) in [5, 5.41) is 2.66. The highest BCUT2D eigenvalue weighted by Gasteiger charge is 2.33. The summed E-state index contributed by atoms with van der Waals surface area (Å²) in [6.45, 7) is 9.26.